The summed E-state index contributed by atoms with van der Waals surface area (Å²) >= 11 is 7.25. The Balaban J connectivity index is 1.79. The SMILES string of the molecule is CSc1cccc(NS(=O)(=O)c2ccc(NC(=O)c3ccc(Cl)cc3)c(F)c2)c1. The number of carbonyl (C=O) groups is 1. The first-order valence-electron chi connectivity index (χ1n) is 8.32. The normalized spacial score (nSPS) is 11.1. The largest absolute Gasteiger partial charge is 0.319 e. The third-order valence-corrected chi connectivity index (χ3v) is 6.28. The Bertz CT molecular complexity index is 1150. The number of rotatable bonds is 6. The fraction of sp³-hybridized carbons (Fsp3) is 0.0500. The molecule has 0 aromatic heterocycles. The van der Waals surface area contributed by atoms with Gasteiger partial charge >= 0.3 is 0 Å². The van der Waals surface area contributed by atoms with Crippen molar-refractivity contribution in [2.45, 2.75) is 9.79 Å². The van der Waals surface area contributed by atoms with Crippen LogP contribution in [-0.2, 0) is 10.0 Å². The molecule has 0 saturated carbocycles. The van der Waals surface area contributed by atoms with Crippen molar-refractivity contribution in [3.8, 4) is 0 Å². The highest BCUT2D eigenvalue weighted by atomic mass is 35.5. The van der Waals surface area contributed by atoms with Crippen molar-refractivity contribution in [1.29, 1.82) is 0 Å². The van der Waals surface area contributed by atoms with Crippen LogP contribution in [-0.4, -0.2) is 20.6 Å². The van der Waals surface area contributed by atoms with Crippen LogP contribution in [0.2, 0.25) is 5.02 Å². The minimum absolute atomic E-state index is 0.131. The van der Waals surface area contributed by atoms with Crippen LogP contribution in [0.5, 0.6) is 0 Å². The van der Waals surface area contributed by atoms with E-state index in [1.54, 1.807) is 30.3 Å². The molecule has 3 aromatic rings. The van der Waals surface area contributed by atoms with Crippen molar-refractivity contribution in [2.75, 3.05) is 16.3 Å². The number of halogens is 2. The lowest BCUT2D eigenvalue weighted by molar-refractivity contribution is 0.102. The Morgan fingerprint density at radius 1 is 1.03 bits per heavy atom. The second kappa shape index (κ2) is 8.86. The van der Waals surface area contributed by atoms with Crippen LogP contribution in [0.3, 0.4) is 0 Å². The van der Waals surface area contributed by atoms with Crippen LogP contribution in [0.1, 0.15) is 10.4 Å². The summed E-state index contributed by atoms with van der Waals surface area (Å²) < 4.78 is 42.0. The zero-order valence-electron chi connectivity index (χ0n) is 15.1. The maximum Gasteiger partial charge on any atom is 0.261 e. The quantitative estimate of drug-likeness (QED) is 0.502. The number of sulfonamides is 1. The van der Waals surface area contributed by atoms with Gasteiger partial charge in [0.25, 0.3) is 15.9 Å². The van der Waals surface area contributed by atoms with Crippen molar-refractivity contribution in [2.24, 2.45) is 0 Å². The van der Waals surface area contributed by atoms with Gasteiger partial charge in [-0.05, 0) is 66.9 Å². The molecule has 0 fully saturated rings. The number of hydrogen-bond donors (Lipinski definition) is 2. The molecule has 0 aliphatic rings. The fourth-order valence-corrected chi connectivity index (χ4v) is 4.11. The molecule has 2 N–H and O–H groups in total. The van der Waals surface area contributed by atoms with E-state index in [2.05, 4.69) is 10.0 Å². The van der Waals surface area contributed by atoms with Crippen LogP contribution in [0.15, 0.2) is 76.5 Å². The summed E-state index contributed by atoms with van der Waals surface area (Å²) in [5, 5.41) is 2.88. The Morgan fingerprint density at radius 3 is 2.41 bits per heavy atom. The summed E-state index contributed by atoms with van der Waals surface area (Å²) in [5.74, 6) is -1.41. The van der Waals surface area contributed by atoms with E-state index in [1.165, 1.54) is 36.0 Å². The standard InChI is InChI=1S/C20H16ClFN2O3S2/c1-28-16-4-2-3-15(11-16)24-29(26,27)17-9-10-19(18(22)12-17)23-20(25)13-5-7-14(21)8-6-13/h2-12,24H,1H3,(H,23,25). The van der Waals surface area contributed by atoms with E-state index in [0.717, 1.165) is 11.0 Å². The molecule has 3 aromatic carbocycles. The fourth-order valence-electron chi connectivity index (χ4n) is 2.46. The number of nitrogens with one attached hydrogen (secondary N) is 2. The van der Waals surface area contributed by atoms with Crippen molar-refractivity contribution < 1.29 is 17.6 Å². The molecule has 150 valence electrons. The minimum atomic E-state index is -3.99. The van der Waals surface area contributed by atoms with E-state index in [4.69, 9.17) is 11.6 Å². The maximum absolute atomic E-state index is 14.4. The maximum atomic E-state index is 14.4. The number of thioether (sulfide) groups is 1. The van der Waals surface area contributed by atoms with Crippen LogP contribution in [0.4, 0.5) is 15.8 Å². The second-order valence-electron chi connectivity index (χ2n) is 5.94. The van der Waals surface area contributed by atoms with Crippen molar-refractivity contribution >= 4 is 50.7 Å². The molecule has 0 aliphatic heterocycles. The highest BCUT2D eigenvalue weighted by molar-refractivity contribution is 7.98. The first kappa shape index (κ1) is 21.2. The van der Waals surface area contributed by atoms with Crippen LogP contribution in [0, 0.1) is 5.82 Å². The number of anilines is 2. The van der Waals surface area contributed by atoms with Gasteiger partial charge in [-0.2, -0.15) is 0 Å². The molecule has 0 radical (unpaired) electrons. The number of hydrogen-bond acceptors (Lipinski definition) is 4. The summed E-state index contributed by atoms with van der Waals surface area (Å²) in [6, 6.07) is 16.2. The molecule has 3 rings (SSSR count). The Hall–Kier alpha value is -2.55. The molecule has 0 spiro atoms. The lowest BCUT2D eigenvalue weighted by Crippen LogP contribution is -2.15. The third kappa shape index (κ3) is 5.29. The zero-order chi connectivity index (χ0) is 21.0. The highest BCUT2D eigenvalue weighted by Crippen LogP contribution is 2.24. The molecule has 0 bridgehead atoms. The van der Waals surface area contributed by atoms with Crippen LogP contribution < -0.4 is 10.0 Å². The van der Waals surface area contributed by atoms with Gasteiger partial charge in [0, 0.05) is 21.2 Å². The van der Waals surface area contributed by atoms with Gasteiger partial charge in [0.1, 0.15) is 5.82 Å². The van der Waals surface area contributed by atoms with Gasteiger partial charge in [0.2, 0.25) is 0 Å². The van der Waals surface area contributed by atoms with Gasteiger partial charge in [-0.25, -0.2) is 12.8 Å². The predicted octanol–water partition coefficient (Wildman–Crippen LogP) is 5.25. The van der Waals surface area contributed by atoms with Crippen molar-refractivity contribution in [3.05, 3.63) is 83.1 Å². The molecule has 29 heavy (non-hydrogen) atoms. The molecule has 0 heterocycles. The first-order valence-corrected chi connectivity index (χ1v) is 11.4. The molecular weight excluding hydrogens is 435 g/mol. The van der Waals surface area contributed by atoms with Gasteiger partial charge in [0.15, 0.2) is 0 Å². The average molecular weight is 451 g/mol. The summed E-state index contributed by atoms with van der Waals surface area (Å²) in [4.78, 5) is 12.8. The smallest absolute Gasteiger partial charge is 0.261 e. The second-order valence-corrected chi connectivity index (χ2v) is 8.94. The zero-order valence-corrected chi connectivity index (χ0v) is 17.5. The van der Waals surface area contributed by atoms with Crippen LogP contribution >= 0.6 is 23.4 Å². The predicted molar refractivity (Wildman–Crippen MR) is 115 cm³/mol. The topological polar surface area (TPSA) is 75.3 Å². The molecule has 0 unspecified atom stereocenters. The lowest BCUT2D eigenvalue weighted by atomic mass is 10.2. The van der Waals surface area contributed by atoms with E-state index < -0.39 is 21.7 Å². The summed E-state index contributed by atoms with van der Waals surface area (Å²) in [7, 11) is -3.99. The van der Waals surface area contributed by atoms with E-state index in [0.29, 0.717) is 16.3 Å². The van der Waals surface area contributed by atoms with E-state index in [1.807, 2.05) is 12.3 Å². The Kier molecular flexibility index (Phi) is 6.46. The van der Waals surface area contributed by atoms with Gasteiger partial charge < -0.3 is 5.32 Å². The number of carbonyl (C=O) groups excluding carboxylic acids is 1. The molecular formula is C20H16ClFN2O3S2. The van der Waals surface area contributed by atoms with E-state index in [-0.39, 0.29) is 10.6 Å². The average Bonchev–Trinajstić information content (AvgIpc) is 2.69. The number of amides is 1. The third-order valence-electron chi connectivity index (χ3n) is 3.93. The molecule has 0 aliphatic carbocycles. The first-order chi connectivity index (χ1) is 13.8. The molecule has 5 nitrogen and oxygen atoms in total. The Labute approximate surface area is 177 Å². The number of benzene rings is 3. The van der Waals surface area contributed by atoms with Crippen LogP contribution in [0.25, 0.3) is 0 Å². The molecule has 0 atom stereocenters. The molecule has 1 amide bonds. The van der Waals surface area contributed by atoms with Gasteiger partial charge in [-0.15, -0.1) is 11.8 Å². The summed E-state index contributed by atoms with van der Waals surface area (Å²) in [6.07, 6.45) is 1.88. The van der Waals surface area contributed by atoms with E-state index >= 15 is 0 Å². The van der Waals surface area contributed by atoms with Crippen molar-refractivity contribution in [1.82, 2.24) is 0 Å². The lowest BCUT2D eigenvalue weighted by Gasteiger charge is -2.11. The van der Waals surface area contributed by atoms with Gasteiger partial charge in [-0.1, -0.05) is 17.7 Å². The summed E-state index contributed by atoms with van der Waals surface area (Å²) in [6.45, 7) is 0. The van der Waals surface area contributed by atoms with E-state index in [9.17, 15) is 17.6 Å². The monoisotopic (exact) mass is 450 g/mol. The molecule has 0 saturated heterocycles. The highest BCUT2D eigenvalue weighted by Gasteiger charge is 2.18. The minimum Gasteiger partial charge on any atom is -0.319 e. The van der Waals surface area contributed by atoms with Gasteiger partial charge in [0.05, 0.1) is 10.6 Å². The molecule has 9 heteroatoms. The van der Waals surface area contributed by atoms with Gasteiger partial charge in [-0.3, -0.25) is 9.52 Å². The Morgan fingerprint density at radius 2 is 1.76 bits per heavy atom. The summed E-state index contributed by atoms with van der Waals surface area (Å²) in [5.41, 5.74) is 0.534. The van der Waals surface area contributed by atoms with Crippen molar-refractivity contribution in [3.63, 3.8) is 0 Å².